The molecule has 0 radical (unpaired) electrons. The van der Waals surface area contributed by atoms with Gasteiger partial charge in [0.25, 0.3) is 0 Å². The van der Waals surface area contributed by atoms with Gasteiger partial charge in [-0.3, -0.25) is 4.98 Å². The number of aliphatic hydroxyl groups excluding tert-OH is 1. The van der Waals surface area contributed by atoms with Crippen molar-refractivity contribution in [1.82, 2.24) is 4.98 Å². The minimum absolute atomic E-state index is 0.406. The number of aliphatic hydroxyl groups is 1. The summed E-state index contributed by atoms with van der Waals surface area (Å²) >= 11 is 4.75. The summed E-state index contributed by atoms with van der Waals surface area (Å²) < 4.78 is 13.5. The van der Waals surface area contributed by atoms with E-state index in [4.69, 9.17) is 0 Å². The Labute approximate surface area is 98.5 Å². The first-order valence-corrected chi connectivity index (χ1v) is 5.88. The molecule has 1 N–H and O–H groups in total. The summed E-state index contributed by atoms with van der Waals surface area (Å²) in [5, 5.41) is 11.8. The molecule has 0 amide bonds. The molecule has 0 aliphatic heterocycles. The van der Waals surface area contributed by atoms with E-state index in [1.165, 1.54) is 23.5 Å². The highest BCUT2D eigenvalue weighted by molar-refractivity contribution is 9.10. The van der Waals surface area contributed by atoms with Crippen molar-refractivity contribution in [3.8, 4) is 0 Å². The molecule has 2 heterocycles. The molecule has 2 aromatic rings. The fourth-order valence-electron chi connectivity index (χ4n) is 1.18. The van der Waals surface area contributed by atoms with Crippen LogP contribution < -0.4 is 0 Å². The number of hydrogen-bond acceptors (Lipinski definition) is 3. The molecule has 0 aromatic carbocycles. The van der Waals surface area contributed by atoms with E-state index >= 15 is 0 Å². The number of pyridine rings is 1. The maximum atomic E-state index is 12.6. The predicted octanol–water partition coefficient (Wildman–Crippen LogP) is 3.13. The van der Waals surface area contributed by atoms with Crippen molar-refractivity contribution in [2.24, 2.45) is 0 Å². The Morgan fingerprint density at radius 3 is 2.73 bits per heavy atom. The number of thiophene rings is 1. The zero-order valence-electron chi connectivity index (χ0n) is 7.52. The fraction of sp³-hybridized carbons (Fsp3) is 0.100. The first kappa shape index (κ1) is 10.7. The van der Waals surface area contributed by atoms with Crippen molar-refractivity contribution >= 4 is 27.3 Å². The van der Waals surface area contributed by atoms with Gasteiger partial charge in [-0.1, -0.05) is 0 Å². The number of nitrogens with zero attached hydrogens (tertiary/aromatic N) is 1. The third-order valence-corrected chi connectivity index (χ3v) is 3.85. The molecule has 0 saturated carbocycles. The minimum atomic E-state index is -0.806. The highest BCUT2D eigenvalue weighted by atomic mass is 79.9. The number of halogens is 2. The van der Waals surface area contributed by atoms with Gasteiger partial charge in [-0.05, 0) is 39.5 Å². The second-order valence-electron chi connectivity index (χ2n) is 2.94. The van der Waals surface area contributed by atoms with E-state index in [2.05, 4.69) is 20.9 Å². The molecule has 0 saturated heterocycles. The Hall–Kier alpha value is -0.780. The Bertz CT molecular complexity index is 457. The van der Waals surface area contributed by atoms with Gasteiger partial charge in [0.2, 0.25) is 0 Å². The zero-order valence-corrected chi connectivity index (χ0v) is 9.93. The highest BCUT2D eigenvalue weighted by Gasteiger charge is 2.16. The number of aromatic nitrogens is 1. The first-order valence-electron chi connectivity index (χ1n) is 4.21. The number of hydrogen-bond donors (Lipinski definition) is 1. The molecule has 0 aliphatic rings. The Morgan fingerprint density at radius 2 is 2.20 bits per heavy atom. The Morgan fingerprint density at radius 1 is 1.40 bits per heavy atom. The van der Waals surface area contributed by atoms with Crippen molar-refractivity contribution in [2.75, 3.05) is 0 Å². The predicted molar refractivity (Wildman–Crippen MR) is 60.3 cm³/mol. The second kappa shape index (κ2) is 4.38. The minimum Gasteiger partial charge on any atom is -0.381 e. The fourth-order valence-corrected chi connectivity index (χ4v) is 2.77. The van der Waals surface area contributed by atoms with Crippen molar-refractivity contribution in [3.05, 3.63) is 50.6 Å². The lowest BCUT2D eigenvalue weighted by Crippen LogP contribution is -2.00. The van der Waals surface area contributed by atoms with Crippen molar-refractivity contribution < 1.29 is 9.50 Å². The van der Waals surface area contributed by atoms with E-state index in [-0.39, 0.29) is 0 Å². The largest absolute Gasteiger partial charge is 0.381 e. The van der Waals surface area contributed by atoms with Gasteiger partial charge < -0.3 is 5.11 Å². The Balaban J connectivity index is 2.32. The molecule has 5 heteroatoms. The lowest BCUT2D eigenvalue weighted by atomic mass is 10.2. The van der Waals surface area contributed by atoms with Crippen LogP contribution in [-0.4, -0.2) is 10.1 Å². The summed E-state index contributed by atoms with van der Waals surface area (Å²) in [5.41, 5.74) is 0.444. The van der Waals surface area contributed by atoms with Gasteiger partial charge in [-0.15, -0.1) is 11.3 Å². The van der Waals surface area contributed by atoms with Gasteiger partial charge in [0, 0.05) is 4.47 Å². The molecule has 2 nitrogen and oxygen atoms in total. The molecule has 1 atom stereocenters. The molecule has 2 aromatic heterocycles. The highest BCUT2D eigenvalue weighted by Crippen LogP contribution is 2.32. The molecule has 78 valence electrons. The van der Waals surface area contributed by atoms with Gasteiger partial charge in [-0.2, -0.15) is 0 Å². The van der Waals surface area contributed by atoms with Gasteiger partial charge >= 0.3 is 0 Å². The van der Waals surface area contributed by atoms with Gasteiger partial charge in [0.15, 0.2) is 0 Å². The van der Waals surface area contributed by atoms with E-state index in [1.54, 1.807) is 0 Å². The van der Waals surface area contributed by atoms with Crippen LogP contribution in [0.2, 0.25) is 0 Å². The monoisotopic (exact) mass is 287 g/mol. The van der Waals surface area contributed by atoms with Gasteiger partial charge in [-0.25, -0.2) is 4.39 Å². The third-order valence-electron chi connectivity index (χ3n) is 1.92. The molecule has 0 bridgehead atoms. The molecule has 0 spiro atoms. The standard InChI is InChI=1S/C10H7BrFNOS/c11-7-3-4-15-10(7)9(14)8-2-1-6(12)5-13-8/h1-5,9,14H. The smallest absolute Gasteiger partial charge is 0.141 e. The summed E-state index contributed by atoms with van der Waals surface area (Å²) in [7, 11) is 0. The maximum absolute atomic E-state index is 12.6. The average Bonchev–Trinajstić information content (AvgIpc) is 2.65. The SMILES string of the molecule is OC(c1ccc(F)cn1)c1sccc1Br. The summed E-state index contributed by atoms with van der Waals surface area (Å²) in [5.74, 6) is -0.406. The topological polar surface area (TPSA) is 33.1 Å². The zero-order chi connectivity index (χ0) is 10.8. The van der Waals surface area contributed by atoms with Crippen LogP contribution in [-0.2, 0) is 0 Å². The molecule has 0 aliphatic carbocycles. The van der Waals surface area contributed by atoms with Crippen LogP contribution in [0, 0.1) is 5.82 Å². The molecule has 0 fully saturated rings. The summed E-state index contributed by atoms with van der Waals surface area (Å²) in [4.78, 5) is 4.61. The maximum Gasteiger partial charge on any atom is 0.141 e. The summed E-state index contributed by atoms with van der Waals surface area (Å²) in [6, 6.07) is 4.62. The lowest BCUT2D eigenvalue weighted by molar-refractivity contribution is 0.218. The third kappa shape index (κ3) is 2.25. The normalized spacial score (nSPS) is 12.7. The quantitative estimate of drug-likeness (QED) is 0.921. The van der Waals surface area contributed by atoms with Crippen molar-refractivity contribution in [1.29, 1.82) is 0 Å². The van der Waals surface area contributed by atoms with Crippen LogP contribution in [0.4, 0.5) is 4.39 Å². The first-order chi connectivity index (χ1) is 7.18. The van der Waals surface area contributed by atoms with E-state index < -0.39 is 11.9 Å². The molecule has 15 heavy (non-hydrogen) atoms. The van der Waals surface area contributed by atoms with Gasteiger partial charge in [0.05, 0.1) is 16.8 Å². The number of rotatable bonds is 2. The molecule has 2 rings (SSSR count). The van der Waals surface area contributed by atoms with E-state index in [0.29, 0.717) is 5.69 Å². The van der Waals surface area contributed by atoms with E-state index in [9.17, 15) is 9.50 Å². The van der Waals surface area contributed by atoms with Gasteiger partial charge in [0.1, 0.15) is 11.9 Å². The van der Waals surface area contributed by atoms with Crippen LogP contribution in [0.5, 0.6) is 0 Å². The van der Waals surface area contributed by atoms with Crippen LogP contribution in [0.15, 0.2) is 34.2 Å². The van der Waals surface area contributed by atoms with E-state index in [0.717, 1.165) is 15.5 Å². The van der Waals surface area contributed by atoms with Crippen molar-refractivity contribution in [2.45, 2.75) is 6.10 Å². The Kier molecular flexibility index (Phi) is 3.14. The van der Waals surface area contributed by atoms with Crippen LogP contribution in [0.25, 0.3) is 0 Å². The van der Waals surface area contributed by atoms with Crippen molar-refractivity contribution in [3.63, 3.8) is 0 Å². The van der Waals surface area contributed by atoms with Crippen LogP contribution in [0.1, 0.15) is 16.7 Å². The summed E-state index contributed by atoms with van der Waals surface area (Å²) in [6.45, 7) is 0. The molecule has 1 unspecified atom stereocenters. The molecular formula is C10H7BrFNOS. The molecular weight excluding hydrogens is 281 g/mol. The average molecular weight is 288 g/mol. The van der Waals surface area contributed by atoms with Crippen LogP contribution >= 0.6 is 27.3 Å². The second-order valence-corrected chi connectivity index (χ2v) is 4.74. The lowest BCUT2D eigenvalue weighted by Gasteiger charge is -2.08. The van der Waals surface area contributed by atoms with Crippen LogP contribution in [0.3, 0.4) is 0 Å². The summed E-state index contributed by atoms with van der Waals surface area (Å²) in [6.07, 6.45) is 0.292. The van der Waals surface area contributed by atoms with E-state index in [1.807, 2.05) is 11.4 Å².